The van der Waals surface area contributed by atoms with Crippen LogP contribution in [0.1, 0.15) is 122 Å². The van der Waals surface area contributed by atoms with Crippen molar-refractivity contribution < 1.29 is 0 Å². The van der Waals surface area contributed by atoms with E-state index in [9.17, 15) is 0 Å². The van der Waals surface area contributed by atoms with Gasteiger partial charge in [0.25, 0.3) is 0 Å². The van der Waals surface area contributed by atoms with E-state index >= 15 is 0 Å². The Labute approximate surface area is 140 Å². The fourth-order valence-corrected chi connectivity index (χ4v) is 5.05. The van der Waals surface area contributed by atoms with Crippen LogP contribution in [0, 0.1) is 17.8 Å². The Kier molecular flexibility index (Phi) is 9.61. The molecule has 2 unspecified atom stereocenters. The molecule has 0 aromatic carbocycles. The molecule has 2 atom stereocenters. The first kappa shape index (κ1) is 18.3. The monoisotopic (exact) mass is 306 g/mol. The average molecular weight is 307 g/mol. The summed E-state index contributed by atoms with van der Waals surface area (Å²) in [4.78, 5) is 0. The third kappa shape index (κ3) is 7.51. The highest BCUT2D eigenvalue weighted by Crippen LogP contribution is 2.35. The van der Waals surface area contributed by atoms with Crippen LogP contribution in [-0.4, -0.2) is 0 Å². The Hall–Kier alpha value is 0. The zero-order valence-electron chi connectivity index (χ0n) is 15.5. The first-order valence-electron chi connectivity index (χ1n) is 10.9. The van der Waals surface area contributed by atoms with Gasteiger partial charge in [0, 0.05) is 0 Å². The maximum Gasteiger partial charge on any atom is -0.0386 e. The Balaban J connectivity index is 1.84. The molecule has 0 spiro atoms. The van der Waals surface area contributed by atoms with Gasteiger partial charge in [-0.15, -0.1) is 0 Å². The molecule has 0 heteroatoms. The van der Waals surface area contributed by atoms with Gasteiger partial charge in [0.05, 0.1) is 0 Å². The van der Waals surface area contributed by atoms with E-state index in [1.807, 2.05) is 0 Å². The predicted octanol–water partition coefficient (Wildman–Crippen LogP) is 7.90. The van der Waals surface area contributed by atoms with E-state index in [0.717, 1.165) is 17.8 Å². The average Bonchev–Trinajstić information content (AvgIpc) is 2.58. The zero-order chi connectivity index (χ0) is 15.5. The summed E-state index contributed by atoms with van der Waals surface area (Å²) in [6.07, 6.45) is 27.4. The van der Waals surface area contributed by atoms with Crippen LogP contribution in [0.15, 0.2) is 0 Å². The van der Waals surface area contributed by atoms with Crippen LogP contribution in [-0.2, 0) is 0 Å². The van der Waals surface area contributed by atoms with Crippen molar-refractivity contribution in [1.29, 1.82) is 0 Å². The van der Waals surface area contributed by atoms with E-state index in [-0.39, 0.29) is 0 Å². The topological polar surface area (TPSA) is 0 Å². The third-order valence-electron chi connectivity index (χ3n) is 6.61. The molecule has 0 saturated heterocycles. The van der Waals surface area contributed by atoms with E-state index in [0.29, 0.717) is 0 Å². The molecule has 2 rings (SSSR count). The van der Waals surface area contributed by atoms with E-state index in [1.165, 1.54) is 89.9 Å². The normalized spacial score (nSPS) is 32.0. The lowest BCUT2D eigenvalue weighted by Crippen LogP contribution is -2.17. The van der Waals surface area contributed by atoms with Crippen LogP contribution in [0.4, 0.5) is 0 Å². The van der Waals surface area contributed by atoms with Crippen LogP contribution < -0.4 is 0 Å². The summed E-state index contributed by atoms with van der Waals surface area (Å²) in [5.41, 5.74) is 0. The summed E-state index contributed by atoms with van der Waals surface area (Å²) in [6, 6.07) is 0. The van der Waals surface area contributed by atoms with Crippen molar-refractivity contribution >= 4 is 0 Å². The van der Waals surface area contributed by atoms with Crippen LogP contribution in [0.5, 0.6) is 0 Å². The standard InChI is InChI=1S/C22H42/c1-20-14-9-8-12-18-22(19-13-15-20)21-16-10-6-4-2-3-5-7-11-17-21/h20-22H,2-19H2,1H3. The van der Waals surface area contributed by atoms with Gasteiger partial charge in [-0.25, -0.2) is 0 Å². The fraction of sp³-hybridized carbons (Fsp3) is 1.00. The quantitative estimate of drug-likeness (QED) is 0.461. The van der Waals surface area contributed by atoms with Crippen molar-refractivity contribution in [3.05, 3.63) is 0 Å². The zero-order valence-corrected chi connectivity index (χ0v) is 15.5. The van der Waals surface area contributed by atoms with Crippen molar-refractivity contribution in [2.75, 3.05) is 0 Å². The van der Waals surface area contributed by atoms with E-state index in [4.69, 9.17) is 0 Å². The maximum atomic E-state index is 2.49. The van der Waals surface area contributed by atoms with Crippen molar-refractivity contribution in [3.63, 3.8) is 0 Å². The van der Waals surface area contributed by atoms with E-state index in [1.54, 1.807) is 25.7 Å². The molecule has 0 amide bonds. The summed E-state index contributed by atoms with van der Waals surface area (Å²) in [5, 5.41) is 0. The second kappa shape index (κ2) is 11.5. The molecule has 0 nitrogen and oxygen atoms in total. The lowest BCUT2D eigenvalue weighted by Gasteiger charge is -2.29. The van der Waals surface area contributed by atoms with Gasteiger partial charge in [0.1, 0.15) is 0 Å². The molecule has 2 aliphatic carbocycles. The molecular formula is C22H42. The smallest absolute Gasteiger partial charge is 0.0386 e. The molecule has 2 saturated carbocycles. The maximum absolute atomic E-state index is 2.49. The van der Waals surface area contributed by atoms with Crippen molar-refractivity contribution in [2.24, 2.45) is 17.8 Å². The van der Waals surface area contributed by atoms with Crippen LogP contribution in [0.25, 0.3) is 0 Å². The Morgan fingerprint density at radius 3 is 1.23 bits per heavy atom. The molecule has 2 aliphatic rings. The van der Waals surface area contributed by atoms with Gasteiger partial charge in [0.15, 0.2) is 0 Å². The van der Waals surface area contributed by atoms with Crippen molar-refractivity contribution in [3.8, 4) is 0 Å². The molecular weight excluding hydrogens is 264 g/mol. The third-order valence-corrected chi connectivity index (χ3v) is 6.61. The van der Waals surface area contributed by atoms with E-state index < -0.39 is 0 Å². The fourth-order valence-electron chi connectivity index (χ4n) is 5.05. The number of rotatable bonds is 1. The Morgan fingerprint density at radius 1 is 0.364 bits per heavy atom. The lowest BCUT2D eigenvalue weighted by atomic mass is 9.77. The summed E-state index contributed by atoms with van der Waals surface area (Å²) >= 11 is 0. The van der Waals surface area contributed by atoms with Crippen LogP contribution in [0.3, 0.4) is 0 Å². The van der Waals surface area contributed by atoms with Gasteiger partial charge >= 0.3 is 0 Å². The Bertz CT molecular complexity index is 245. The van der Waals surface area contributed by atoms with Gasteiger partial charge in [-0.05, 0) is 17.8 Å². The predicted molar refractivity (Wildman–Crippen MR) is 99.3 cm³/mol. The minimum Gasteiger partial charge on any atom is -0.0625 e. The van der Waals surface area contributed by atoms with Crippen molar-refractivity contribution in [2.45, 2.75) is 122 Å². The van der Waals surface area contributed by atoms with Gasteiger partial charge in [-0.3, -0.25) is 0 Å². The molecule has 0 aromatic heterocycles. The minimum absolute atomic E-state index is 0.992. The van der Waals surface area contributed by atoms with E-state index in [2.05, 4.69) is 6.92 Å². The molecule has 2 fully saturated rings. The summed E-state index contributed by atoms with van der Waals surface area (Å²) < 4.78 is 0. The second-order valence-corrected chi connectivity index (χ2v) is 8.60. The van der Waals surface area contributed by atoms with Gasteiger partial charge in [0.2, 0.25) is 0 Å². The molecule has 0 heterocycles. The largest absolute Gasteiger partial charge is 0.0625 e. The minimum atomic E-state index is 0.992. The number of hydrogen-bond donors (Lipinski definition) is 0. The first-order chi connectivity index (χ1) is 10.9. The second-order valence-electron chi connectivity index (χ2n) is 8.60. The molecule has 0 radical (unpaired) electrons. The molecule has 0 aromatic rings. The highest BCUT2D eigenvalue weighted by molar-refractivity contribution is 4.73. The van der Waals surface area contributed by atoms with Gasteiger partial charge in [-0.1, -0.05) is 122 Å². The lowest BCUT2D eigenvalue weighted by molar-refractivity contribution is 0.228. The molecule has 130 valence electrons. The SMILES string of the molecule is CC1CCCCCC(C2CCCCCCCCCC2)CCC1. The molecule has 0 N–H and O–H groups in total. The summed E-state index contributed by atoms with van der Waals surface area (Å²) in [6.45, 7) is 2.49. The van der Waals surface area contributed by atoms with Crippen molar-refractivity contribution in [1.82, 2.24) is 0 Å². The molecule has 0 aliphatic heterocycles. The highest BCUT2D eigenvalue weighted by Gasteiger charge is 2.21. The summed E-state index contributed by atoms with van der Waals surface area (Å²) in [5.74, 6) is 3.14. The van der Waals surface area contributed by atoms with Gasteiger partial charge in [-0.2, -0.15) is 0 Å². The first-order valence-corrected chi connectivity index (χ1v) is 10.9. The van der Waals surface area contributed by atoms with Gasteiger partial charge < -0.3 is 0 Å². The molecule has 22 heavy (non-hydrogen) atoms. The Morgan fingerprint density at radius 2 is 0.682 bits per heavy atom. The van der Waals surface area contributed by atoms with Crippen LogP contribution in [0.2, 0.25) is 0 Å². The molecule has 0 bridgehead atoms. The summed E-state index contributed by atoms with van der Waals surface area (Å²) in [7, 11) is 0. The number of hydrogen-bond acceptors (Lipinski definition) is 0. The van der Waals surface area contributed by atoms with Crippen LogP contribution >= 0.6 is 0 Å². The highest BCUT2D eigenvalue weighted by atomic mass is 14.3.